The number of piperidine rings is 1. The van der Waals surface area contributed by atoms with E-state index >= 15 is 0 Å². The van der Waals surface area contributed by atoms with Crippen molar-refractivity contribution in [1.29, 1.82) is 0 Å². The van der Waals surface area contributed by atoms with E-state index in [4.69, 9.17) is 0 Å². The molecule has 2 N–H and O–H groups in total. The molecule has 0 atom stereocenters. The largest absolute Gasteiger partial charge is 0.385 e. The topological polar surface area (TPSA) is 27.3 Å². The van der Waals surface area contributed by atoms with Crippen molar-refractivity contribution in [3.8, 4) is 0 Å². The van der Waals surface area contributed by atoms with Crippen LogP contribution < -0.4 is 10.6 Å². The fraction of sp³-hybridized carbons (Fsp3) is 0.600. The average molecular weight is 330 g/mol. The maximum absolute atomic E-state index is 12.5. The number of anilines is 1. The predicted octanol–water partition coefficient (Wildman–Crippen LogP) is 3.61. The van der Waals surface area contributed by atoms with Crippen LogP contribution >= 0.6 is 25.0 Å². The first-order valence-electron chi connectivity index (χ1n) is 7.55. The van der Waals surface area contributed by atoms with E-state index in [9.17, 15) is 3.89 Å². The predicted molar refractivity (Wildman–Crippen MR) is 92.7 cm³/mol. The lowest BCUT2D eigenvalue weighted by atomic mass is 9.98. The first-order valence-corrected chi connectivity index (χ1v) is 8.66. The molecule has 0 radical (unpaired) electrons. The van der Waals surface area contributed by atoms with Crippen molar-refractivity contribution >= 4 is 30.7 Å². The second-order valence-electron chi connectivity index (χ2n) is 5.49. The van der Waals surface area contributed by atoms with Crippen LogP contribution in [0.1, 0.15) is 19.3 Å². The number of halogens is 1. The second-order valence-corrected chi connectivity index (χ2v) is 6.68. The van der Waals surface area contributed by atoms with Crippen LogP contribution in [0, 0.1) is 5.92 Å². The minimum absolute atomic E-state index is 0.285. The van der Waals surface area contributed by atoms with Crippen LogP contribution in [0.3, 0.4) is 0 Å². The van der Waals surface area contributed by atoms with Gasteiger partial charge in [-0.05, 0) is 56.5 Å². The maximum Gasteiger partial charge on any atom is 0.0812 e. The third-order valence-electron chi connectivity index (χ3n) is 3.81. The van der Waals surface area contributed by atoms with Crippen molar-refractivity contribution in [2.24, 2.45) is 5.92 Å². The SMILES string of the molecule is FSc1cccc(NCCCNCC2CCN(S)CC2)c1. The molecule has 1 aliphatic rings. The molecule has 1 heterocycles. The zero-order valence-electron chi connectivity index (χ0n) is 12.2. The highest BCUT2D eigenvalue weighted by Crippen LogP contribution is 2.22. The molecular weight excluding hydrogens is 305 g/mol. The van der Waals surface area contributed by atoms with E-state index in [2.05, 4.69) is 27.8 Å². The van der Waals surface area contributed by atoms with Gasteiger partial charge in [0.25, 0.3) is 0 Å². The lowest BCUT2D eigenvalue weighted by molar-refractivity contribution is 0.286. The average Bonchev–Trinajstić information content (AvgIpc) is 2.52. The number of rotatable bonds is 8. The zero-order chi connectivity index (χ0) is 14.9. The van der Waals surface area contributed by atoms with E-state index < -0.39 is 0 Å². The van der Waals surface area contributed by atoms with Crippen molar-refractivity contribution in [2.75, 3.05) is 38.0 Å². The van der Waals surface area contributed by atoms with Crippen LogP contribution in [-0.2, 0) is 0 Å². The van der Waals surface area contributed by atoms with Gasteiger partial charge in [-0.25, -0.2) is 0 Å². The fourth-order valence-corrected chi connectivity index (χ4v) is 3.06. The van der Waals surface area contributed by atoms with E-state index in [1.165, 1.54) is 12.8 Å². The molecule has 0 unspecified atom stereocenters. The number of nitrogens with one attached hydrogen (secondary N) is 2. The molecule has 0 bridgehead atoms. The van der Waals surface area contributed by atoms with Crippen LogP contribution in [-0.4, -0.2) is 37.0 Å². The summed E-state index contributed by atoms with van der Waals surface area (Å²) in [6.07, 6.45) is 3.54. The quantitative estimate of drug-likeness (QED) is 0.502. The fourth-order valence-electron chi connectivity index (χ4n) is 2.53. The normalized spacial score (nSPS) is 17.0. The first kappa shape index (κ1) is 16.9. The molecule has 1 aromatic carbocycles. The summed E-state index contributed by atoms with van der Waals surface area (Å²) in [5.74, 6) is 0.791. The first-order chi connectivity index (χ1) is 10.3. The van der Waals surface area contributed by atoms with Gasteiger partial charge in [-0.15, -0.1) is 0 Å². The summed E-state index contributed by atoms with van der Waals surface area (Å²) >= 11 is 4.65. The molecule has 0 aliphatic carbocycles. The monoisotopic (exact) mass is 329 g/mol. The Hall–Kier alpha value is -0.430. The molecule has 21 heavy (non-hydrogen) atoms. The van der Waals surface area contributed by atoms with Gasteiger partial charge >= 0.3 is 0 Å². The van der Waals surface area contributed by atoms with Gasteiger partial charge < -0.3 is 10.6 Å². The highest BCUT2D eigenvalue weighted by Gasteiger charge is 2.16. The molecule has 0 amide bonds. The van der Waals surface area contributed by atoms with Gasteiger partial charge in [0.15, 0.2) is 0 Å². The maximum atomic E-state index is 12.5. The summed E-state index contributed by atoms with van der Waals surface area (Å²) in [5, 5.41) is 6.86. The number of hydrogen-bond acceptors (Lipinski definition) is 5. The molecule has 118 valence electrons. The van der Waals surface area contributed by atoms with Crippen LogP contribution in [0.4, 0.5) is 9.57 Å². The van der Waals surface area contributed by atoms with Crippen LogP contribution in [0.2, 0.25) is 0 Å². The Morgan fingerprint density at radius 3 is 2.86 bits per heavy atom. The third-order valence-corrected chi connectivity index (χ3v) is 4.64. The Balaban J connectivity index is 1.52. The van der Waals surface area contributed by atoms with Gasteiger partial charge in [0, 0.05) is 30.2 Å². The summed E-state index contributed by atoms with van der Waals surface area (Å²) in [6.45, 7) is 5.23. The van der Waals surface area contributed by atoms with Gasteiger partial charge in [0.2, 0.25) is 0 Å². The number of nitrogens with zero attached hydrogens (tertiary/aromatic N) is 1. The lowest BCUT2D eigenvalue weighted by Crippen LogP contribution is -2.33. The van der Waals surface area contributed by atoms with E-state index in [1.54, 1.807) is 6.07 Å². The molecule has 0 aromatic heterocycles. The standard InChI is InChI=1S/C15H24FN3S2/c16-21-15-4-1-3-14(11-15)18-8-2-7-17-12-13-5-9-19(20)10-6-13/h1,3-4,11,13,17-18,20H,2,5-10,12H2. The summed E-state index contributed by atoms with van der Waals surface area (Å²) in [4.78, 5) is 0.647. The Bertz CT molecular complexity index is 412. The number of hydrogen-bond donors (Lipinski definition) is 3. The Kier molecular flexibility index (Phi) is 7.71. The molecule has 0 saturated carbocycles. The molecule has 2 rings (SSSR count). The highest BCUT2D eigenvalue weighted by atomic mass is 32.2. The smallest absolute Gasteiger partial charge is 0.0812 e. The van der Waals surface area contributed by atoms with Crippen molar-refractivity contribution in [3.63, 3.8) is 0 Å². The van der Waals surface area contributed by atoms with E-state index in [-0.39, 0.29) is 12.1 Å². The van der Waals surface area contributed by atoms with Gasteiger partial charge in [-0.3, -0.25) is 4.31 Å². The Labute approximate surface area is 136 Å². The molecule has 1 fully saturated rings. The van der Waals surface area contributed by atoms with Crippen LogP contribution in [0.15, 0.2) is 29.2 Å². The van der Waals surface area contributed by atoms with Gasteiger partial charge in [-0.2, -0.15) is 3.89 Å². The van der Waals surface area contributed by atoms with Gasteiger partial charge in [0.05, 0.1) is 12.1 Å². The Morgan fingerprint density at radius 2 is 2.10 bits per heavy atom. The summed E-state index contributed by atoms with van der Waals surface area (Å²) in [5.41, 5.74) is 0.985. The summed E-state index contributed by atoms with van der Waals surface area (Å²) < 4.78 is 14.6. The molecule has 1 aliphatic heterocycles. The molecule has 6 heteroatoms. The number of benzene rings is 1. The molecule has 1 saturated heterocycles. The van der Waals surface area contributed by atoms with Crippen molar-refractivity contribution < 1.29 is 3.89 Å². The summed E-state index contributed by atoms with van der Waals surface area (Å²) in [7, 11) is 0. The molecule has 3 nitrogen and oxygen atoms in total. The van der Waals surface area contributed by atoms with E-state index in [0.29, 0.717) is 4.90 Å². The highest BCUT2D eigenvalue weighted by molar-refractivity contribution is 7.94. The van der Waals surface area contributed by atoms with Gasteiger partial charge in [0.1, 0.15) is 0 Å². The molecule has 1 aromatic rings. The minimum Gasteiger partial charge on any atom is -0.385 e. The third kappa shape index (κ3) is 6.46. The minimum atomic E-state index is 0.285. The van der Waals surface area contributed by atoms with Crippen molar-refractivity contribution in [3.05, 3.63) is 24.3 Å². The summed E-state index contributed by atoms with van der Waals surface area (Å²) in [6, 6.07) is 7.45. The van der Waals surface area contributed by atoms with Crippen LogP contribution in [0.5, 0.6) is 0 Å². The van der Waals surface area contributed by atoms with E-state index in [1.807, 2.05) is 18.2 Å². The van der Waals surface area contributed by atoms with Crippen LogP contribution in [0.25, 0.3) is 0 Å². The zero-order valence-corrected chi connectivity index (χ0v) is 13.9. The second kappa shape index (κ2) is 9.56. The Morgan fingerprint density at radius 1 is 1.29 bits per heavy atom. The van der Waals surface area contributed by atoms with E-state index in [0.717, 1.165) is 50.7 Å². The molecular formula is C15H24FN3S2. The van der Waals surface area contributed by atoms with Crippen molar-refractivity contribution in [1.82, 2.24) is 9.62 Å². The number of thiol groups is 1. The molecule has 0 spiro atoms. The van der Waals surface area contributed by atoms with Crippen molar-refractivity contribution in [2.45, 2.75) is 24.2 Å². The van der Waals surface area contributed by atoms with Gasteiger partial charge in [-0.1, -0.05) is 18.9 Å². The lowest BCUT2D eigenvalue weighted by Gasteiger charge is -2.28.